The predicted octanol–water partition coefficient (Wildman–Crippen LogP) is 0.985. The molecule has 2 heterocycles. The van der Waals surface area contributed by atoms with Gasteiger partial charge in [0.1, 0.15) is 5.56 Å². The number of nitrogens with two attached hydrogens (primary N) is 1. The second kappa shape index (κ2) is 6.88. The van der Waals surface area contributed by atoms with Crippen LogP contribution in [-0.2, 0) is 6.54 Å². The largest absolute Gasteiger partial charge is 0.347 e. The van der Waals surface area contributed by atoms with Gasteiger partial charge < -0.3 is 16.0 Å². The Kier molecular flexibility index (Phi) is 4.93. The Hall–Kier alpha value is -2.36. The first kappa shape index (κ1) is 15.0. The molecule has 4 N–H and O–H groups in total. The molecule has 0 aliphatic heterocycles. The van der Waals surface area contributed by atoms with E-state index in [1.807, 2.05) is 12.1 Å². The van der Waals surface area contributed by atoms with Crippen molar-refractivity contribution >= 4 is 17.2 Å². The van der Waals surface area contributed by atoms with Crippen molar-refractivity contribution in [3.63, 3.8) is 0 Å². The number of amides is 1. The lowest BCUT2D eigenvalue weighted by molar-refractivity contribution is 0.0950. The van der Waals surface area contributed by atoms with E-state index in [-0.39, 0.29) is 17.0 Å². The van der Waals surface area contributed by atoms with Crippen LogP contribution in [0.2, 0.25) is 0 Å². The molecule has 0 saturated carbocycles. The molecule has 0 aromatic carbocycles. The topological polar surface area (TPSA) is 88.0 Å². The zero-order chi connectivity index (χ0) is 15.2. The van der Waals surface area contributed by atoms with Gasteiger partial charge in [-0.1, -0.05) is 11.8 Å². The molecular formula is C15H15N3O2S. The highest BCUT2D eigenvalue weighted by molar-refractivity contribution is 7.12. The summed E-state index contributed by atoms with van der Waals surface area (Å²) in [5.74, 6) is 5.32. The average molecular weight is 301 g/mol. The quantitative estimate of drug-likeness (QED) is 0.739. The summed E-state index contributed by atoms with van der Waals surface area (Å²) in [6.45, 7) is 2.44. The second-order valence-corrected chi connectivity index (χ2v) is 5.51. The van der Waals surface area contributed by atoms with Crippen LogP contribution in [0.3, 0.4) is 0 Å². The number of H-pyrrole nitrogens is 1. The normalized spacial score (nSPS) is 9.81. The lowest BCUT2D eigenvalue weighted by Crippen LogP contribution is -2.29. The molecule has 0 unspecified atom stereocenters. The molecule has 2 aromatic heterocycles. The minimum atomic E-state index is -0.390. The van der Waals surface area contributed by atoms with Crippen molar-refractivity contribution in [3.8, 4) is 11.8 Å². The van der Waals surface area contributed by atoms with Gasteiger partial charge >= 0.3 is 0 Å². The summed E-state index contributed by atoms with van der Waals surface area (Å²) in [7, 11) is 0. The van der Waals surface area contributed by atoms with Gasteiger partial charge in [0.2, 0.25) is 0 Å². The molecule has 21 heavy (non-hydrogen) atoms. The first-order valence-electron chi connectivity index (χ1n) is 6.36. The predicted molar refractivity (Wildman–Crippen MR) is 83.2 cm³/mol. The minimum absolute atomic E-state index is 0.111. The van der Waals surface area contributed by atoms with E-state index in [0.29, 0.717) is 13.1 Å². The van der Waals surface area contributed by atoms with Gasteiger partial charge in [0, 0.05) is 10.6 Å². The third kappa shape index (κ3) is 4.05. The number of hydrogen-bond acceptors (Lipinski definition) is 4. The molecular weight excluding hydrogens is 286 g/mol. The lowest BCUT2D eigenvalue weighted by Gasteiger charge is -2.03. The third-order valence-corrected chi connectivity index (χ3v) is 3.70. The number of nitrogens with one attached hydrogen (secondary N) is 2. The Bertz CT molecular complexity index is 765. The fourth-order valence-electron chi connectivity index (χ4n) is 1.69. The summed E-state index contributed by atoms with van der Waals surface area (Å²) < 4.78 is 0. The van der Waals surface area contributed by atoms with E-state index in [9.17, 15) is 9.59 Å². The highest BCUT2D eigenvalue weighted by Crippen LogP contribution is 2.15. The van der Waals surface area contributed by atoms with Gasteiger partial charge in [-0.3, -0.25) is 9.59 Å². The van der Waals surface area contributed by atoms with Crippen LogP contribution in [0.1, 0.15) is 25.8 Å². The molecule has 5 nitrogen and oxygen atoms in total. The van der Waals surface area contributed by atoms with Crippen LogP contribution in [0.5, 0.6) is 0 Å². The van der Waals surface area contributed by atoms with Gasteiger partial charge in [0.05, 0.1) is 18.0 Å². The Morgan fingerprint density at radius 3 is 2.90 bits per heavy atom. The van der Waals surface area contributed by atoms with Crippen molar-refractivity contribution in [1.82, 2.24) is 10.3 Å². The fourth-order valence-corrected chi connectivity index (χ4v) is 2.51. The number of pyridine rings is 1. The van der Waals surface area contributed by atoms with Gasteiger partial charge in [-0.05, 0) is 31.2 Å². The van der Waals surface area contributed by atoms with Crippen LogP contribution < -0.4 is 16.6 Å². The van der Waals surface area contributed by atoms with Gasteiger partial charge in [-0.25, -0.2) is 0 Å². The first-order chi connectivity index (χ1) is 10.1. The highest BCUT2D eigenvalue weighted by Gasteiger charge is 2.10. The molecule has 0 atom stereocenters. The van der Waals surface area contributed by atoms with Crippen LogP contribution in [-0.4, -0.2) is 17.4 Å². The molecule has 0 fully saturated rings. The Labute approximate surface area is 126 Å². The number of aromatic nitrogens is 1. The van der Waals surface area contributed by atoms with E-state index >= 15 is 0 Å². The van der Waals surface area contributed by atoms with E-state index in [1.165, 1.54) is 17.4 Å². The summed E-state index contributed by atoms with van der Waals surface area (Å²) in [5, 5.41) is 2.72. The number of carbonyl (C=O) groups is 1. The molecule has 6 heteroatoms. The summed E-state index contributed by atoms with van der Waals surface area (Å²) >= 11 is 1.49. The van der Waals surface area contributed by atoms with Crippen LogP contribution in [0, 0.1) is 18.8 Å². The third-order valence-electron chi connectivity index (χ3n) is 2.70. The number of rotatable bonds is 3. The fraction of sp³-hybridized carbons (Fsp3) is 0.200. The maximum absolute atomic E-state index is 12.0. The van der Waals surface area contributed by atoms with Crippen molar-refractivity contribution in [2.75, 3.05) is 6.54 Å². The van der Waals surface area contributed by atoms with Crippen LogP contribution in [0.15, 0.2) is 29.1 Å². The van der Waals surface area contributed by atoms with E-state index in [0.717, 1.165) is 15.4 Å². The maximum Gasteiger partial charge on any atom is 0.260 e. The molecule has 1 amide bonds. The minimum Gasteiger partial charge on any atom is -0.347 e. The van der Waals surface area contributed by atoms with E-state index in [1.54, 1.807) is 13.0 Å². The molecule has 0 saturated heterocycles. The molecule has 0 bridgehead atoms. The summed E-state index contributed by atoms with van der Waals surface area (Å²) in [6, 6.07) is 7.00. The summed E-state index contributed by atoms with van der Waals surface area (Å²) in [5.41, 5.74) is 5.76. The van der Waals surface area contributed by atoms with E-state index in [4.69, 9.17) is 5.73 Å². The van der Waals surface area contributed by atoms with Crippen molar-refractivity contribution in [1.29, 1.82) is 0 Å². The maximum atomic E-state index is 12.0. The zero-order valence-corrected chi connectivity index (χ0v) is 12.3. The highest BCUT2D eigenvalue weighted by atomic mass is 32.1. The number of carbonyl (C=O) groups excluding carboxylic acids is 1. The number of hydrogen-bond donors (Lipinski definition) is 3. The summed E-state index contributed by atoms with van der Waals surface area (Å²) in [6.07, 6.45) is 0. The molecule has 2 aromatic rings. The van der Waals surface area contributed by atoms with Crippen molar-refractivity contribution < 1.29 is 4.79 Å². The zero-order valence-electron chi connectivity index (χ0n) is 11.5. The summed E-state index contributed by atoms with van der Waals surface area (Å²) in [4.78, 5) is 28.1. The standard InChI is InChI=1S/C15H15N3O2S/c1-10-4-7-13(15(20)18-10)14(19)17-9-12-6-5-11(21-12)3-2-8-16/h4-7H,8-9,16H2,1H3,(H,17,19)(H,18,20). The first-order valence-corrected chi connectivity index (χ1v) is 7.17. The van der Waals surface area contributed by atoms with E-state index < -0.39 is 0 Å². The Morgan fingerprint density at radius 1 is 1.38 bits per heavy atom. The van der Waals surface area contributed by atoms with Crippen molar-refractivity contribution in [2.45, 2.75) is 13.5 Å². The molecule has 108 valence electrons. The van der Waals surface area contributed by atoms with E-state index in [2.05, 4.69) is 22.1 Å². The number of aryl methyl sites for hydroxylation is 1. The molecule has 0 aliphatic carbocycles. The van der Waals surface area contributed by atoms with Crippen LogP contribution >= 0.6 is 11.3 Å². The SMILES string of the molecule is Cc1ccc(C(=O)NCc2ccc(C#CCN)s2)c(=O)[nH]1. The Balaban J connectivity index is 2.01. The molecule has 0 aliphatic rings. The van der Waals surface area contributed by atoms with Crippen LogP contribution in [0.25, 0.3) is 0 Å². The monoisotopic (exact) mass is 301 g/mol. The van der Waals surface area contributed by atoms with Gasteiger partial charge in [-0.2, -0.15) is 0 Å². The second-order valence-electron chi connectivity index (χ2n) is 4.34. The van der Waals surface area contributed by atoms with Crippen molar-refractivity contribution in [3.05, 3.63) is 55.6 Å². The number of aromatic amines is 1. The Morgan fingerprint density at radius 2 is 2.19 bits per heavy atom. The average Bonchev–Trinajstić information content (AvgIpc) is 2.90. The van der Waals surface area contributed by atoms with Crippen LogP contribution in [0.4, 0.5) is 0 Å². The smallest absolute Gasteiger partial charge is 0.260 e. The van der Waals surface area contributed by atoms with Gasteiger partial charge in [0.25, 0.3) is 11.5 Å². The molecule has 0 radical (unpaired) electrons. The number of thiophene rings is 1. The van der Waals surface area contributed by atoms with Gasteiger partial charge in [0.15, 0.2) is 0 Å². The van der Waals surface area contributed by atoms with Gasteiger partial charge in [-0.15, -0.1) is 11.3 Å². The lowest BCUT2D eigenvalue weighted by atomic mass is 10.2. The molecule has 0 spiro atoms. The van der Waals surface area contributed by atoms with Crippen molar-refractivity contribution in [2.24, 2.45) is 5.73 Å². The molecule has 2 rings (SSSR count).